The van der Waals surface area contributed by atoms with Gasteiger partial charge in [-0.25, -0.2) is 0 Å². The fourth-order valence-electron chi connectivity index (χ4n) is 1.63. The molecule has 2 aromatic rings. The minimum Gasteiger partial charge on any atom is -0.392 e. The van der Waals surface area contributed by atoms with Crippen LogP contribution in [-0.4, -0.2) is 28.6 Å². The fraction of sp³-hybridized carbons (Fsp3) is 0.231. The monoisotopic (exact) mass is 230 g/mol. The minimum atomic E-state index is -0.549. The molecule has 2 N–H and O–H groups in total. The lowest BCUT2D eigenvalue weighted by Gasteiger charge is -2.08. The number of hydrogen-bond donors (Lipinski definition) is 2. The highest BCUT2D eigenvalue weighted by Crippen LogP contribution is 2.15. The second-order valence-electron chi connectivity index (χ2n) is 3.93. The van der Waals surface area contributed by atoms with E-state index in [4.69, 9.17) is 5.11 Å². The quantitative estimate of drug-likeness (QED) is 0.836. The van der Waals surface area contributed by atoms with Crippen molar-refractivity contribution < 1.29 is 9.90 Å². The largest absolute Gasteiger partial charge is 0.392 e. The van der Waals surface area contributed by atoms with E-state index >= 15 is 0 Å². The predicted molar refractivity (Wildman–Crippen MR) is 65.8 cm³/mol. The Bertz CT molecular complexity index is 532. The summed E-state index contributed by atoms with van der Waals surface area (Å²) in [4.78, 5) is 16.1. The Morgan fingerprint density at radius 2 is 2.18 bits per heavy atom. The first-order chi connectivity index (χ1) is 8.18. The molecule has 4 heteroatoms. The zero-order chi connectivity index (χ0) is 12.3. The van der Waals surface area contributed by atoms with Gasteiger partial charge in [-0.1, -0.05) is 18.2 Å². The van der Waals surface area contributed by atoms with Crippen molar-refractivity contribution in [3.05, 3.63) is 42.1 Å². The van der Waals surface area contributed by atoms with Crippen molar-refractivity contribution in [2.45, 2.75) is 13.0 Å². The zero-order valence-corrected chi connectivity index (χ0v) is 9.55. The summed E-state index contributed by atoms with van der Waals surface area (Å²) in [6.45, 7) is 1.88. The first-order valence-electron chi connectivity index (χ1n) is 5.48. The van der Waals surface area contributed by atoms with Gasteiger partial charge in [-0.05, 0) is 19.1 Å². The average molecular weight is 230 g/mol. The van der Waals surface area contributed by atoms with Gasteiger partial charge in [0.15, 0.2) is 0 Å². The Morgan fingerprint density at radius 3 is 2.94 bits per heavy atom. The first-order valence-corrected chi connectivity index (χ1v) is 5.48. The molecule has 2 rings (SSSR count). The number of aromatic nitrogens is 1. The number of carbonyl (C=O) groups excluding carboxylic acids is 1. The number of carbonyl (C=O) groups is 1. The summed E-state index contributed by atoms with van der Waals surface area (Å²) < 4.78 is 0. The van der Waals surface area contributed by atoms with Gasteiger partial charge in [0.1, 0.15) is 0 Å². The SMILES string of the molecule is C[C@H](O)CNC(=O)c1ccnc2ccccc12. The van der Waals surface area contributed by atoms with Gasteiger partial charge in [0, 0.05) is 18.1 Å². The Hall–Kier alpha value is -1.94. The number of rotatable bonds is 3. The van der Waals surface area contributed by atoms with Crippen LogP contribution in [0.2, 0.25) is 0 Å². The van der Waals surface area contributed by atoms with Crippen LogP contribution in [-0.2, 0) is 0 Å². The van der Waals surface area contributed by atoms with Gasteiger partial charge in [0.05, 0.1) is 17.2 Å². The Balaban J connectivity index is 2.32. The predicted octanol–water partition coefficient (Wildman–Crippen LogP) is 1.35. The van der Waals surface area contributed by atoms with Gasteiger partial charge in [0.25, 0.3) is 5.91 Å². The van der Waals surface area contributed by atoms with E-state index < -0.39 is 6.10 Å². The van der Waals surface area contributed by atoms with E-state index in [-0.39, 0.29) is 12.5 Å². The number of aliphatic hydroxyl groups excluding tert-OH is 1. The molecule has 0 saturated carbocycles. The zero-order valence-electron chi connectivity index (χ0n) is 9.55. The molecule has 1 aromatic carbocycles. The van der Waals surface area contributed by atoms with Crippen LogP contribution in [0.25, 0.3) is 10.9 Å². The number of pyridine rings is 1. The lowest BCUT2D eigenvalue weighted by molar-refractivity contribution is 0.0925. The number of fused-ring (bicyclic) bond motifs is 1. The molecule has 4 nitrogen and oxygen atoms in total. The van der Waals surface area contributed by atoms with Gasteiger partial charge in [0.2, 0.25) is 0 Å². The molecule has 0 aliphatic carbocycles. The summed E-state index contributed by atoms with van der Waals surface area (Å²) in [6.07, 6.45) is 1.06. The van der Waals surface area contributed by atoms with Gasteiger partial charge >= 0.3 is 0 Å². The third-order valence-electron chi connectivity index (χ3n) is 2.45. The molecular formula is C13H14N2O2. The summed E-state index contributed by atoms with van der Waals surface area (Å²) in [6, 6.07) is 9.16. The normalized spacial score (nSPS) is 12.4. The molecule has 88 valence electrons. The van der Waals surface area contributed by atoms with Crippen LogP contribution in [0.1, 0.15) is 17.3 Å². The van der Waals surface area contributed by atoms with Crippen LogP contribution in [0.15, 0.2) is 36.5 Å². The van der Waals surface area contributed by atoms with E-state index in [1.165, 1.54) is 0 Å². The topological polar surface area (TPSA) is 62.2 Å². The number of amides is 1. The third-order valence-corrected chi connectivity index (χ3v) is 2.45. The molecule has 1 heterocycles. The molecule has 0 aliphatic rings. The van der Waals surface area contributed by atoms with Crippen LogP contribution in [0, 0.1) is 0 Å². The van der Waals surface area contributed by atoms with E-state index in [1.54, 1.807) is 19.2 Å². The summed E-state index contributed by atoms with van der Waals surface area (Å²) in [5.74, 6) is -0.190. The van der Waals surface area contributed by atoms with Crippen LogP contribution in [0.4, 0.5) is 0 Å². The van der Waals surface area contributed by atoms with Gasteiger partial charge < -0.3 is 10.4 Å². The van der Waals surface area contributed by atoms with E-state index in [2.05, 4.69) is 10.3 Å². The highest BCUT2D eigenvalue weighted by Gasteiger charge is 2.10. The Morgan fingerprint density at radius 1 is 1.41 bits per heavy atom. The van der Waals surface area contributed by atoms with E-state index in [0.717, 1.165) is 10.9 Å². The van der Waals surface area contributed by atoms with Crippen LogP contribution < -0.4 is 5.32 Å². The maximum Gasteiger partial charge on any atom is 0.252 e. The molecule has 0 bridgehead atoms. The first kappa shape index (κ1) is 11.5. The van der Waals surface area contributed by atoms with Gasteiger partial charge in [-0.2, -0.15) is 0 Å². The molecule has 0 fully saturated rings. The molecule has 0 spiro atoms. The molecular weight excluding hydrogens is 216 g/mol. The number of para-hydroxylation sites is 1. The highest BCUT2D eigenvalue weighted by atomic mass is 16.3. The molecule has 1 atom stereocenters. The summed E-state index contributed by atoms with van der Waals surface area (Å²) >= 11 is 0. The molecule has 0 unspecified atom stereocenters. The van der Waals surface area contributed by atoms with Crippen LogP contribution in [0.3, 0.4) is 0 Å². The van der Waals surface area contributed by atoms with Crippen molar-refractivity contribution in [1.82, 2.24) is 10.3 Å². The van der Waals surface area contributed by atoms with Crippen LogP contribution >= 0.6 is 0 Å². The van der Waals surface area contributed by atoms with Crippen molar-refractivity contribution in [3.63, 3.8) is 0 Å². The Labute approximate surface area is 99.3 Å². The van der Waals surface area contributed by atoms with Crippen molar-refractivity contribution in [2.75, 3.05) is 6.54 Å². The third kappa shape index (κ3) is 2.60. The summed E-state index contributed by atoms with van der Waals surface area (Å²) in [7, 11) is 0. The standard InChI is InChI=1S/C13H14N2O2/c1-9(16)8-15-13(17)11-6-7-14-12-5-3-2-4-10(11)12/h2-7,9,16H,8H2,1H3,(H,15,17)/t9-/m0/s1. The summed E-state index contributed by atoms with van der Waals surface area (Å²) in [5.41, 5.74) is 1.37. The summed E-state index contributed by atoms with van der Waals surface area (Å²) in [5, 5.41) is 12.6. The second kappa shape index (κ2) is 4.93. The fourth-order valence-corrected chi connectivity index (χ4v) is 1.63. The maximum atomic E-state index is 11.9. The molecule has 0 radical (unpaired) electrons. The lowest BCUT2D eigenvalue weighted by Crippen LogP contribution is -2.30. The van der Waals surface area contributed by atoms with E-state index in [1.807, 2.05) is 24.3 Å². The molecule has 1 aromatic heterocycles. The molecule has 1 amide bonds. The Kier molecular flexibility index (Phi) is 3.35. The number of benzene rings is 1. The van der Waals surface area contributed by atoms with Gasteiger partial charge in [-0.15, -0.1) is 0 Å². The molecule has 0 saturated heterocycles. The van der Waals surface area contributed by atoms with E-state index in [0.29, 0.717) is 5.56 Å². The highest BCUT2D eigenvalue weighted by molar-refractivity contribution is 6.05. The van der Waals surface area contributed by atoms with E-state index in [9.17, 15) is 4.79 Å². The number of nitrogens with zero attached hydrogens (tertiary/aromatic N) is 1. The smallest absolute Gasteiger partial charge is 0.252 e. The average Bonchev–Trinajstić information content (AvgIpc) is 2.35. The number of nitrogens with one attached hydrogen (secondary N) is 1. The van der Waals surface area contributed by atoms with Crippen LogP contribution in [0.5, 0.6) is 0 Å². The number of hydrogen-bond acceptors (Lipinski definition) is 3. The minimum absolute atomic E-state index is 0.190. The molecule has 17 heavy (non-hydrogen) atoms. The van der Waals surface area contributed by atoms with Crippen molar-refractivity contribution in [2.24, 2.45) is 0 Å². The van der Waals surface area contributed by atoms with Crippen molar-refractivity contribution in [3.8, 4) is 0 Å². The molecule has 0 aliphatic heterocycles. The maximum absolute atomic E-state index is 11.9. The van der Waals surface area contributed by atoms with Gasteiger partial charge in [-0.3, -0.25) is 9.78 Å². The lowest BCUT2D eigenvalue weighted by atomic mass is 10.1. The van der Waals surface area contributed by atoms with Crippen molar-refractivity contribution >= 4 is 16.8 Å². The van der Waals surface area contributed by atoms with Crippen molar-refractivity contribution in [1.29, 1.82) is 0 Å². The number of aliphatic hydroxyl groups is 1. The second-order valence-corrected chi connectivity index (χ2v) is 3.93.